The molecule has 0 radical (unpaired) electrons. The van der Waals surface area contributed by atoms with Gasteiger partial charge in [-0.3, -0.25) is 9.59 Å². The number of ether oxygens (including phenoxy) is 2. The lowest BCUT2D eigenvalue weighted by Crippen LogP contribution is -2.40. The van der Waals surface area contributed by atoms with Crippen LogP contribution in [0.3, 0.4) is 0 Å². The minimum atomic E-state index is -0.993. The Morgan fingerprint density at radius 1 is 0.737 bits per heavy atom. The van der Waals surface area contributed by atoms with Gasteiger partial charge in [-0.1, -0.05) is 96.3 Å². The summed E-state index contributed by atoms with van der Waals surface area (Å²) in [7, 11) is 0. The zero-order chi connectivity index (χ0) is 28.0. The van der Waals surface area contributed by atoms with Crippen molar-refractivity contribution in [1.82, 2.24) is 0 Å². The smallest absolute Gasteiger partial charge is 0.326 e. The van der Waals surface area contributed by atoms with Crippen LogP contribution in [-0.4, -0.2) is 48.8 Å². The summed E-state index contributed by atoms with van der Waals surface area (Å²) in [6, 6.07) is 8.58. The highest BCUT2D eigenvalue weighted by atomic mass is 16.6. The van der Waals surface area contributed by atoms with Gasteiger partial charge in [-0.05, 0) is 44.7 Å². The van der Waals surface area contributed by atoms with E-state index in [1.807, 2.05) is 30.3 Å². The van der Waals surface area contributed by atoms with E-state index < -0.39 is 29.9 Å². The molecule has 7 nitrogen and oxygen atoms in total. The van der Waals surface area contributed by atoms with E-state index in [0.29, 0.717) is 26.2 Å². The number of benzene rings is 1. The molecule has 0 spiro atoms. The van der Waals surface area contributed by atoms with Crippen molar-refractivity contribution in [2.75, 3.05) is 24.7 Å². The number of hydrogen-bond acceptors (Lipinski definition) is 6. The third kappa shape index (κ3) is 14.4. The second-order valence-corrected chi connectivity index (χ2v) is 10.1. The number of carboxylic acids is 1. The number of carboxylic acid groups (broad SMARTS) is 1. The number of carbonyl (C=O) groups excluding carboxylic acids is 2. The maximum atomic E-state index is 12.9. The molecule has 7 heteroatoms. The van der Waals surface area contributed by atoms with Gasteiger partial charge in [-0.2, -0.15) is 0 Å². The summed E-state index contributed by atoms with van der Waals surface area (Å²) in [5.74, 6) is -3.00. The van der Waals surface area contributed by atoms with E-state index >= 15 is 0 Å². The fourth-order valence-corrected chi connectivity index (χ4v) is 4.41. The van der Waals surface area contributed by atoms with Crippen LogP contribution in [0, 0.1) is 5.92 Å². The van der Waals surface area contributed by atoms with Crippen LogP contribution >= 0.6 is 0 Å². The number of anilines is 1. The first-order chi connectivity index (χ1) is 18.4. The van der Waals surface area contributed by atoms with Gasteiger partial charge in [0.25, 0.3) is 0 Å². The first-order valence-electron chi connectivity index (χ1n) is 14.8. The molecule has 1 unspecified atom stereocenters. The molecule has 0 saturated heterocycles. The number of hydrogen-bond donors (Lipinski definition) is 1. The quantitative estimate of drug-likeness (QED) is 0.0905. The SMILES string of the molecule is CCCCCCCCOC(=O)C(CCCN(c1ccccc1)C(C)C(=O)O)C(=O)OCCCCCCCC. The fraction of sp³-hybridized carbons (Fsp3) is 0.710. The lowest BCUT2D eigenvalue weighted by atomic mass is 10.0. The lowest BCUT2D eigenvalue weighted by Gasteiger charge is -2.29. The summed E-state index contributed by atoms with van der Waals surface area (Å²) in [5, 5.41) is 9.59. The van der Waals surface area contributed by atoms with Gasteiger partial charge < -0.3 is 19.5 Å². The van der Waals surface area contributed by atoms with Gasteiger partial charge in [0.05, 0.1) is 13.2 Å². The number of nitrogens with zero attached hydrogens (tertiary/aromatic N) is 1. The Bertz CT molecular complexity index is 739. The summed E-state index contributed by atoms with van der Waals surface area (Å²) in [5.41, 5.74) is 0.787. The Morgan fingerprint density at radius 2 is 1.21 bits per heavy atom. The van der Waals surface area contributed by atoms with Crippen LogP contribution in [-0.2, 0) is 23.9 Å². The molecule has 1 N–H and O–H groups in total. The monoisotopic (exact) mass is 533 g/mol. The number of rotatable bonds is 23. The van der Waals surface area contributed by atoms with E-state index in [1.165, 1.54) is 38.5 Å². The van der Waals surface area contributed by atoms with Crippen LogP contribution in [0.1, 0.15) is 111 Å². The van der Waals surface area contributed by atoms with Gasteiger partial charge >= 0.3 is 17.9 Å². The summed E-state index contributed by atoms with van der Waals surface area (Å²) < 4.78 is 11.0. The molecule has 1 aromatic carbocycles. The Kier molecular flexibility index (Phi) is 18.8. The molecule has 0 amide bonds. The number of carbonyl (C=O) groups is 3. The molecule has 216 valence electrons. The van der Waals surface area contributed by atoms with E-state index in [1.54, 1.807) is 11.8 Å². The number of esters is 2. The second kappa shape index (κ2) is 21.4. The van der Waals surface area contributed by atoms with Crippen LogP contribution in [0.4, 0.5) is 5.69 Å². The van der Waals surface area contributed by atoms with Gasteiger partial charge in [0.2, 0.25) is 0 Å². The van der Waals surface area contributed by atoms with Crippen LogP contribution in [0.2, 0.25) is 0 Å². The van der Waals surface area contributed by atoms with Crippen molar-refractivity contribution in [3.63, 3.8) is 0 Å². The number of para-hydroxylation sites is 1. The lowest BCUT2D eigenvalue weighted by molar-refractivity contribution is -0.162. The van der Waals surface area contributed by atoms with Gasteiger partial charge in [-0.25, -0.2) is 4.79 Å². The van der Waals surface area contributed by atoms with E-state index in [-0.39, 0.29) is 6.42 Å². The largest absolute Gasteiger partial charge is 0.480 e. The third-order valence-corrected chi connectivity index (χ3v) is 6.86. The maximum Gasteiger partial charge on any atom is 0.326 e. The van der Waals surface area contributed by atoms with Gasteiger partial charge in [0.15, 0.2) is 5.92 Å². The molecular weight excluding hydrogens is 482 g/mol. The summed E-state index contributed by atoms with van der Waals surface area (Å²) >= 11 is 0. The van der Waals surface area contributed by atoms with Crippen molar-refractivity contribution in [2.45, 2.75) is 117 Å². The Hall–Kier alpha value is -2.57. The van der Waals surface area contributed by atoms with Crippen molar-refractivity contribution >= 4 is 23.6 Å². The average Bonchev–Trinajstić information content (AvgIpc) is 2.92. The van der Waals surface area contributed by atoms with Crippen molar-refractivity contribution in [3.8, 4) is 0 Å². The van der Waals surface area contributed by atoms with Crippen molar-refractivity contribution in [2.24, 2.45) is 5.92 Å². The maximum absolute atomic E-state index is 12.9. The predicted octanol–water partition coefficient (Wildman–Crippen LogP) is 7.17. The predicted molar refractivity (Wildman–Crippen MR) is 152 cm³/mol. The van der Waals surface area contributed by atoms with Crippen LogP contribution in [0.15, 0.2) is 30.3 Å². The summed E-state index contributed by atoms with van der Waals surface area (Å²) in [6.45, 7) is 6.99. The highest BCUT2D eigenvalue weighted by Crippen LogP contribution is 2.20. The standard InChI is InChI=1S/C31H51NO6/c1-4-6-8-10-12-17-24-37-30(35)28(31(36)38-25-18-13-11-9-7-5-2)22-19-23-32(26(3)29(33)34)27-20-15-14-16-21-27/h14-16,20-21,26,28H,4-13,17-19,22-25H2,1-3H3,(H,33,34). The molecule has 1 rings (SSSR count). The Morgan fingerprint density at radius 3 is 1.68 bits per heavy atom. The topological polar surface area (TPSA) is 93.1 Å². The molecule has 0 heterocycles. The first kappa shape index (κ1) is 33.5. The second-order valence-electron chi connectivity index (χ2n) is 10.1. The molecular formula is C31H51NO6. The number of aliphatic carboxylic acids is 1. The Labute approximate surface area is 230 Å². The van der Waals surface area contributed by atoms with Gasteiger partial charge in [-0.15, -0.1) is 0 Å². The van der Waals surface area contributed by atoms with Crippen LogP contribution in [0.25, 0.3) is 0 Å². The zero-order valence-corrected chi connectivity index (χ0v) is 24.0. The number of unbranched alkanes of at least 4 members (excludes halogenated alkanes) is 10. The van der Waals surface area contributed by atoms with Crippen molar-refractivity contribution in [3.05, 3.63) is 30.3 Å². The van der Waals surface area contributed by atoms with E-state index in [9.17, 15) is 19.5 Å². The molecule has 0 aliphatic rings. The zero-order valence-electron chi connectivity index (χ0n) is 24.0. The van der Waals surface area contributed by atoms with E-state index in [0.717, 1.165) is 44.2 Å². The third-order valence-electron chi connectivity index (χ3n) is 6.86. The molecule has 0 fully saturated rings. The Balaban J connectivity index is 2.68. The molecule has 0 aliphatic carbocycles. The molecule has 1 aromatic rings. The van der Waals surface area contributed by atoms with Crippen LogP contribution in [0.5, 0.6) is 0 Å². The van der Waals surface area contributed by atoms with Crippen LogP contribution < -0.4 is 4.90 Å². The molecule has 0 aliphatic heterocycles. The van der Waals surface area contributed by atoms with Gasteiger partial charge in [0.1, 0.15) is 6.04 Å². The minimum Gasteiger partial charge on any atom is -0.480 e. The fourth-order valence-electron chi connectivity index (χ4n) is 4.41. The molecule has 1 atom stereocenters. The summed E-state index contributed by atoms with van der Waals surface area (Å²) in [4.78, 5) is 39.2. The highest BCUT2D eigenvalue weighted by Gasteiger charge is 2.30. The van der Waals surface area contributed by atoms with Gasteiger partial charge in [0, 0.05) is 12.2 Å². The molecule has 0 saturated carbocycles. The first-order valence-corrected chi connectivity index (χ1v) is 14.8. The van der Waals surface area contributed by atoms with E-state index in [4.69, 9.17) is 9.47 Å². The summed E-state index contributed by atoms with van der Waals surface area (Å²) in [6.07, 6.45) is 13.7. The highest BCUT2D eigenvalue weighted by molar-refractivity contribution is 5.94. The average molecular weight is 534 g/mol. The van der Waals surface area contributed by atoms with E-state index in [2.05, 4.69) is 13.8 Å². The van der Waals surface area contributed by atoms with Crippen molar-refractivity contribution < 1.29 is 29.0 Å². The molecule has 38 heavy (non-hydrogen) atoms. The van der Waals surface area contributed by atoms with Crippen molar-refractivity contribution in [1.29, 1.82) is 0 Å². The minimum absolute atomic E-state index is 0.250. The molecule has 0 bridgehead atoms. The normalized spacial score (nSPS) is 11.8. The molecule has 0 aromatic heterocycles.